The predicted molar refractivity (Wildman–Crippen MR) is 110 cm³/mol. The number of halogens is 1. The summed E-state index contributed by atoms with van der Waals surface area (Å²) >= 11 is 3.41. The number of carbonyl (C=O) groups excluding carboxylic acids is 2. The largest absolute Gasteiger partial charge is 0.497 e. The molecule has 1 aliphatic heterocycles. The highest BCUT2D eigenvalue weighted by atomic mass is 79.9. The van der Waals surface area contributed by atoms with Gasteiger partial charge in [-0.1, -0.05) is 0 Å². The number of piperidine rings is 1. The van der Waals surface area contributed by atoms with E-state index in [1.165, 1.54) is 0 Å². The van der Waals surface area contributed by atoms with Crippen LogP contribution in [0.15, 0.2) is 51.6 Å². The molecule has 0 saturated carbocycles. The summed E-state index contributed by atoms with van der Waals surface area (Å²) in [4.78, 5) is 26.6. The summed E-state index contributed by atoms with van der Waals surface area (Å²) in [6.45, 7) is 1.96. The molecule has 1 aliphatic rings. The number of nitrogens with zero attached hydrogens (tertiary/aromatic N) is 1. The summed E-state index contributed by atoms with van der Waals surface area (Å²) < 4.78 is 11.1. The third-order valence-electron chi connectivity index (χ3n) is 4.83. The van der Waals surface area contributed by atoms with E-state index in [2.05, 4.69) is 21.2 Å². The molecule has 0 bridgehead atoms. The minimum atomic E-state index is -0.134. The summed E-state index contributed by atoms with van der Waals surface area (Å²) in [6, 6.07) is 8.90. The van der Waals surface area contributed by atoms with Gasteiger partial charge in [0, 0.05) is 30.2 Å². The van der Waals surface area contributed by atoms with Crippen molar-refractivity contribution in [2.75, 3.05) is 26.7 Å². The second-order valence-electron chi connectivity index (χ2n) is 6.67. The van der Waals surface area contributed by atoms with Crippen molar-refractivity contribution in [3.63, 3.8) is 0 Å². The van der Waals surface area contributed by atoms with E-state index in [1.807, 2.05) is 4.90 Å². The standard InChI is InChI=1S/C21H23BrN2O4/c1-27-17-4-6-19(22)18(13-17)21(26)23-14-15-8-10-24(11-9-15)20(25)7-5-16-3-2-12-28-16/h2-7,12-13,15H,8-11,14H2,1H3,(H,23,26)/b7-5+. The van der Waals surface area contributed by atoms with Gasteiger partial charge in [0.25, 0.3) is 5.91 Å². The molecule has 3 rings (SSSR count). The zero-order chi connectivity index (χ0) is 19.9. The van der Waals surface area contributed by atoms with Crippen molar-refractivity contribution in [3.05, 3.63) is 58.5 Å². The van der Waals surface area contributed by atoms with Crippen LogP contribution in [0.5, 0.6) is 5.75 Å². The van der Waals surface area contributed by atoms with Crippen LogP contribution in [0.2, 0.25) is 0 Å². The fourth-order valence-corrected chi connectivity index (χ4v) is 3.57. The summed E-state index contributed by atoms with van der Waals surface area (Å²) in [6.07, 6.45) is 6.52. The Labute approximate surface area is 172 Å². The Morgan fingerprint density at radius 2 is 2.11 bits per heavy atom. The van der Waals surface area contributed by atoms with Gasteiger partial charge in [-0.25, -0.2) is 0 Å². The monoisotopic (exact) mass is 446 g/mol. The van der Waals surface area contributed by atoms with Crippen molar-refractivity contribution < 1.29 is 18.7 Å². The summed E-state index contributed by atoms with van der Waals surface area (Å²) in [5.74, 6) is 1.51. The van der Waals surface area contributed by atoms with E-state index >= 15 is 0 Å². The first-order valence-electron chi connectivity index (χ1n) is 9.19. The summed E-state index contributed by atoms with van der Waals surface area (Å²) in [5, 5.41) is 2.99. The molecule has 7 heteroatoms. The van der Waals surface area contributed by atoms with Gasteiger partial charge >= 0.3 is 0 Å². The lowest BCUT2D eigenvalue weighted by Gasteiger charge is -2.31. The van der Waals surface area contributed by atoms with E-state index < -0.39 is 0 Å². The Bertz CT molecular complexity index is 840. The fraction of sp³-hybridized carbons (Fsp3) is 0.333. The van der Waals surface area contributed by atoms with Crippen LogP contribution in [0.1, 0.15) is 29.0 Å². The molecule has 0 unspecified atom stereocenters. The smallest absolute Gasteiger partial charge is 0.252 e. The molecule has 2 amide bonds. The van der Waals surface area contributed by atoms with Gasteiger partial charge in [0.1, 0.15) is 11.5 Å². The molecule has 0 spiro atoms. The summed E-state index contributed by atoms with van der Waals surface area (Å²) in [5.41, 5.74) is 0.551. The molecule has 1 fully saturated rings. The van der Waals surface area contributed by atoms with E-state index in [1.54, 1.807) is 55.9 Å². The number of rotatable bonds is 6. The number of amides is 2. The quantitative estimate of drug-likeness (QED) is 0.686. The summed E-state index contributed by atoms with van der Waals surface area (Å²) in [7, 11) is 1.57. The molecule has 0 aliphatic carbocycles. The first-order chi connectivity index (χ1) is 13.6. The number of benzene rings is 1. The van der Waals surface area contributed by atoms with Crippen molar-refractivity contribution in [1.82, 2.24) is 10.2 Å². The Balaban J connectivity index is 1.45. The topological polar surface area (TPSA) is 71.8 Å². The number of methoxy groups -OCH3 is 1. The Kier molecular flexibility index (Phi) is 6.92. The molecular weight excluding hydrogens is 424 g/mol. The number of nitrogens with one attached hydrogen (secondary N) is 1. The lowest BCUT2D eigenvalue weighted by Crippen LogP contribution is -2.41. The third kappa shape index (κ3) is 5.25. The van der Waals surface area contributed by atoms with Gasteiger partial charge < -0.3 is 19.4 Å². The number of furan rings is 1. The molecule has 2 aromatic rings. The van der Waals surface area contributed by atoms with Crippen LogP contribution >= 0.6 is 15.9 Å². The van der Waals surface area contributed by atoms with E-state index in [9.17, 15) is 9.59 Å². The molecule has 1 saturated heterocycles. The molecule has 0 atom stereocenters. The van der Waals surface area contributed by atoms with E-state index in [4.69, 9.17) is 9.15 Å². The molecule has 2 heterocycles. The van der Waals surface area contributed by atoms with Gasteiger partial charge in [0.05, 0.1) is 18.9 Å². The molecule has 1 N–H and O–H groups in total. The molecule has 1 aromatic heterocycles. The molecule has 0 radical (unpaired) electrons. The number of ether oxygens (including phenoxy) is 1. The van der Waals surface area contributed by atoms with Crippen molar-refractivity contribution in [2.24, 2.45) is 5.92 Å². The number of carbonyl (C=O) groups is 2. The van der Waals surface area contributed by atoms with Crippen LogP contribution in [0.25, 0.3) is 6.08 Å². The minimum Gasteiger partial charge on any atom is -0.497 e. The highest BCUT2D eigenvalue weighted by molar-refractivity contribution is 9.10. The maximum absolute atomic E-state index is 12.5. The minimum absolute atomic E-state index is 0.0146. The maximum Gasteiger partial charge on any atom is 0.252 e. The van der Waals surface area contributed by atoms with Crippen molar-refractivity contribution >= 4 is 33.8 Å². The predicted octanol–water partition coefficient (Wildman–Crippen LogP) is 3.73. The Morgan fingerprint density at radius 1 is 1.32 bits per heavy atom. The molecule has 148 valence electrons. The fourth-order valence-electron chi connectivity index (χ4n) is 3.14. The van der Waals surface area contributed by atoms with E-state index in [0.717, 1.165) is 17.3 Å². The van der Waals surface area contributed by atoms with Gasteiger partial charge in [0.2, 0.25) is 5.91 Å². The first kappa shape index (κ1) is 20.2. The number of hydrogen-bond donors (Lipinski definition) is 1. The van der Waals surface area contributed by atoms with E-state index in [-0.39, 0.29) is 11.8 Å². The SMILES string of the molecule is COc1ccc(Br)c(C(=O)NCC2CCN(C(=O)/C=C/c3ccco3)CC2)c1. The Hall–Kier alpha value is -2.54. The van der Waals surface area contributed by atoms with Crippen molar-refractivity contribution in [2.45, 2.75) is 12.8 Å². The zero-order valence-electron chi connectivity index (χ0n) is 15.7. The lowest BCUT2D eigenvalue weighted by molar-refractivity contribution is -0.127. The third-order valence-corrected chi connectivity index (χ3v) is 5.52. The highest BCUT2D eigenvalue weighted by Gasteiger charge is 2.22. The van der Waals surface area contributed by atoms with Crippen LogP contribution in [0, 0.1) is 5.92 Å². The Morgan fingerprint density at radius 3 is 2.79 bits per heavy atom. The highest BCUT2D eigenvalue weighted by Crippen LogP contribution is 2.23. The van der Waals surface area contributed by atoms with Crippen molar-refractivity contribution in [1.29, 1.82) is 0 Å². The van der Waals surface area contributed by atoms with Gasteiger partial charge in [0.15, 0.2) is 0 Å². The van der Waals surface area contributed by atoms with Crippen LogP contribution in [0.4, 0.5) is 0 Å². The number of likely N-dealkylation sites (tertiary alicyclic amines) is 1. The van der Waals surface area contributed by atoms with Crippen LogP contribution in [-0.2, 0) is 4.79 Å². The van der Waals surface area contributed by atoms with Crippen LogP contribution in [0.3, 0.4) is 0 Å². The maximum atomic E-state index is 12.5. The number of hydrogen-bond acceptors (Lipinski definition) is 4. The normalized spacial score (nSPS) is 15.0. The molecule has 28 heavy (non-hydrogen) atoms. The van der Waals surface area contributed by atoms with Gasteiger partial charge in [-0.05, 0) is 71.1 Å². The molecule has 1 aromatic carbocycles. The average Bonchev–Trinajstić information content (AvgIpc) is 3.24. The van der Waals surface area contributed by atoms with E-state index in [0.29, 0.717) is 42.6 Å². The zero-order valence-corrected chi connectivity index (χ0v) is 17.3. The van der Waals surface area contributed by atoms with Gasteiger partial charge in [-0.3, -0.25) is 9.59 Å². The van der Waals surface area contributed by atoms with Gasteiger partial charge in [-0.2, -0.15) is 0 Å². The van der Waals surface area contributed by atoms with Gasteiger partial charge in [-0.15, -0.1) is 0 Å². The van der Waals surface area contributed by atoms with Crippen LogP contribution < -0.4 is 10.1 Å². The average molecular weight is 447 g/mol. The van der Waals surface area contributed by atoms with Crippen molar-refractivity contribution in [3.8, 4) is 5.75 Å². The second kappa shape index (κ2) is 9.59. The molecular formula is C21H23BrN2O4. The van der Waals surface area contributed by atoms with Crippen LogP contribution in [-0.4, -0.2) is 43.5 Å². The first-order valence-corrected chi connectivity index (χ1v) is 9.98. The second-order valence-corrected chi connectivity index (χ2v) is 7.53. The molecule has 6 nitrogen and oxygen atoms in total. The lowest BCUT2D eigenvalue weighted by atomic mass is 9.96.